The highest BCUT2D eigenvalue weighted by Crippen LogP contribution is 2.55. The molecule has 2 heteroatoms. The molecule has 7 aromatic carbocycles. The zero-order chi connectivity index (χ0) is 35.2. The summed E-state index contributed by atoms with van der Waals surface area (Å²) in [5.41, 5.74) is 12.4. The molecular formula is C50H39NS. The highest BCUT2D eigenvalue weighted by atomic mass is 32.1. The van der Waals surface area contributed by atoms with Crippen molar-refractivity contribution in [1.82, 2.24) is 0 Å². The minimum absolute atomic E-state index is 0.104. The van der Waals surface area contributed by atoms with Gasteiger partial charge in [-0.15, -0.1) is 11.3 Å². The Morgan fingerprint density at radius 3 is 2.21 bits per heavy atom. The van der Waals surface area contributed by atoms with Crippen molar-refractivity contribution in [1.29, 1.82) is 0 Å². The highest BCUT2D eigenvalue weighted by Gasteiger charge is 2.37. The molecule has 0 amide bonds. The zero-order valence-corrected chi connectivity index (χ0v) is 30.3. The first-order valence-electron chi connectivity index (χ1n) is 18.0. The van der Waals surface area contributed by atoms with Gasteiger partial charge in [0.2, 0.25) is 0 Å². The minimum atomic E-state index is -0.104. The van der Waals surface area contributed by atoms with E-state index in [0.717, 1.165) is 23.5 Å². The van der Waals surface area contributed by atoms with E-state index in [4.69, 9.17) is 0 Å². The minimum Gasteiger partial charge on any atom is -0.310 e. The Morgan fingerprint density at radius 2 is 1.38 bits per heavy atom. The van der Waals surface area contributed by atoms with Gasteiger partial charge in [-0.3, -0.25) is 0 Å². The fraction of sp³-hybridized carbons (Fsp3) is 0.0800. The summed E-state index contributed by atoms with van der Waals surface area (Å²) in [6.07, 6.45) is 9.38. The van der Waals surface area contributed by atoms with Crippen molar-refractivity contribution in [2.75, 3.05) is 4.90 Å². The Kier molecular flexibility index (Phi) is 7.98. The van der Waals surface area contributed by atoms with Gasteiger partial charge >= 0.3 is 0 Å². The van der Waals surface area contributed by atoms with E-state index in [2.05, 4.69) is 195 Å². The topological polar surface area (TPSA) is 3.24 Å². The Labute approximate surface area is 310 Å². The van der Waals surface area contributed by atoms with Gasteiger partial charge < -0.3 is 4.90 Å². The van der Waals surface area contributed by atoms with Crippen LogP contribution in [0.2, 0.25) is 0 Å². The lowest BCUT2D eigenvalue weighted by molar-refractivity contribution is 0.661. The van der Waals surface area contributed by atoms with Crippen molar-refractivity contribution >= 4 is 53.7 Å². The summed E-state index contributed by atoms with van der Waals surface area (Å²) in [6.45, 7) is 8.91. The molecule has 0 radical (unpaired) electrons. The molecule has 1 aliphatic rings. The van der Waals surface area contributed by atoms with Crippen molar-refractivity contribution in [3.05, 3.63) is 205 Å². The van der Waals surface area contributed by atoms with Gasteiger partial charge in [0.05, 0.1) is 5.69 Å². The van der Waals surface area contributed by atoms with Crippen molar-refractivity contribution in [2.24, 2.45) is 0 Å². The molecule has 0 bridgehead atoms. The molecule has 0 saturated carbocycles. The molecule has 0 atom stereocenters. The first kappa shape index (κ1) is 32.0. The zero-order valence-electron chi connectivity index (χ0n) is 29.5. The van der Waals surface area contributed by atoms with Gasteiger partial charge in [-0.2, -0.15) is 0 Å². The van der Waals surface area contributed by atoms with Gasteiger partial charge in [0.15, 0.2) is 0 Å². The second kappa shape index (κ2) is 13.0. The maximum atomic E-state index is 4.16. The number of nitrogens with zero attached hydrogens (tertiary/aromatic N) is 1. The number of hydrogen-bond donors (Lipinski definition) is 0. The molecule has 1 aromatic heterocycles. The first-order chi connectivity index (χ1) is 25.5. The van der Waals surface area contributed by atoms with Crippen LogP contribution in [0.4, 0.5) is 11.4 Å². The largest absolute Gasteiger partial charge is 0.310 e. The Hall–Kier alpha value is -5.96. The van der Waals surface area contributed by atoms with Crippen LogP contribution in [0, 0.1) is 0 Å². The molecule has 9 rings (SSSR count). The van der Waals surface area contributed by atoms with Crippen molar-refractivity contribution in [3.63, 3.8) is 0 Å². The smallest absolute Gasteiger partial charge is 0.0540 e. The maximum absolute atomic E-state index is 4.16. The summed E-state index contributed by atoms with van der Waals surface area (Å²) in [5.74, 6) is 0. The Morgan fingerprint density at radius 1 is 0.673 bits per heavy atom. The van der Waals surface area contributed by atoms with Crippen LogP contribution in [-0.4, -0.2) is 0 Å². The van der Waals surface area contributed by atoms with Crippen LogP contribution in [0.3, 0.4) is 0 Å². The molecule has 0 unspecified atom stereocenters. The lowest BCUT2D eigenvalue weighted by Crippen LogP contribution is -2.17. The van der Waals surface area contributed by atoms with Gasteiger partial charge in [0.1, 0.15) is 0 Å². The first-order valence-corrected chi connectivity index (χ1v) is 18.8. The van der Waals surface area contributed by atoms with Crippen molar-refractivity contribution < 1.29 is 0 Å². The number of rotatable bonds is 8. The predicted molar refractivity (Wildman–Crippen MR) is 226 cm³/mol. The van der Waals surface area contributed by atoms with Gasteiger partial charge in [-0.1, -0.05) is 160 Å². The normalized spacial score (nSPS) is 13.5. The monoisotopic (exact) mass is 685 g/mol. The maximum Gasteiger partial charge on any atom is 0.0540 e. The van der Waals surface area contributed by atoms with Crippen LogP contribution < -0.4 is 4.90 Å². The van der Waals surface area contributed by atoms with E-state index in [1.165, 1.54) is 69.9 Å². The van der Waals surface area contributed by atoms with Crippen LogP contribution >= 0.6 is 11.3 Å². The molecular weight excluding hydrogens is 647 g/mol. The molecule has 8 aromatic rings. The quantitative estimate of drug-likeness (QED) is 0.144. The Bertz CT molecular complexity index is 2680. The number of fused-ring (bicyclic) bond motifs is 8. The molecule has 0 N–H and O–H groups in total. The van der Waals surface area contributed by atoms with Crippen LogP contribution in [0.5, 0.6) is 0 Å². The van der Waals surface area contributed by atoms with Crippen molar-refractivity contribution in [2.45, 2.75) is 25.7 Å². The van der Waals surface area contributed by atoms with E-state index >= 15 is 0 Å². The average molecular weight is 686 g/mol. The van der Waals surface area contributed by atoms with Crippen LogP contribution in [0.25, 0.3) is 53.2 Å². The van der Waals surface area contributed by atoms with Gasteiger partial charge in [-0.05, 0) is 81.6 Å². The number of thiophene rings is 1. The summed E-state index contributed by atoms with van der Waals surface area (Å²) in [6, 6.07) is 55.4. The predicted octanol–water partition coefficient (Wildman–Crippen LogP) is 14.2. The fourth-order valence-electron chi connectivity index (χ4n) is 8.08. The second-order valence-electron chi connectivity index (χ2n) is 14.1. The van der Waals surface area contributed by atoms with E-state index in [9.17, 15) is 0 Å². The lowest BCUT2D eigenvalue weighted by atomic mass is 9.82. The SMILES string of the molecule is C=C/C=C(\C=C/Cc1ccc(-c2ccccc2)cc1)N(c1ccc2c(c1)-c1c(ccc3c1sc1ccccc13)C2(C)C)c1cccc2ccccc12. The molecule has 1 aliphatic carbocycles. The third kappa shape index (κ3) is 5.39. The molecule has 1 heterocycles. The van der Waals surface area contributed by atoms with E-state index < -0.39 is 0 Å². The number of hydrogen-bond acceptors (Lipinski definition) is 2. The number of anilines is 2. The van der Waals surface area contributed by atoms with Crippen LogP contribution in [-0.2, 0) is 11.8 Å². The summed E-state index contributed by atoms with van der Waals surface area (Å²) in [5, 5.41) is 5.09. The second-order valence-corrected chi connectivity index (χ2v) is 15.2. The van der Waals surface area contributed by atoms with Gasteiger partial charge in [0, 0.05) is 47.9 Å². The fourth-order valence-corrected chi connectivity index (χ4v) is 9.35. The third-order valence-corrected chi connectivity index (χ3v) is 11.9. The molecule has 1 nitrogen and oxygen atoms in total. The highest BCUT2D eigenvalue weighted by molar-refractivity contribution is 7.26. The molecule has 0 fully saturated rings. The lowest BCUT2D eigenvalue weighted by Gasteiger charge is -2.29. The average Bonchev–Trinajstić information content (AvgIpc) is 3.67. The summed E-state index contributed by atoms with van der Waals surface area (Å²) in [7, 11) is 0. The van der Waals surface area contributed by atoms with E-state index in [1.807, 2.05) is 17.4 Å². The summed E-state index contributed by atoms with van der Waals surface area (Å²) in [4.78, 5) is 2.41. The molecule has 52 heavy (non-hydrogen) atoms. The summed E-state index contributed by atoms with van der Waals surface area (Å²) >= 11 is 1.92. The van der Waals surface area contributed by atoms with E-state index in [-0.39, 0.29) is 5.41 Å². The molecule has 0 aliphatic heterocycles. The van der Waals surface area contributed by atoms with Gasteiger partial charge in [0.25, 0.3) is 0 Å². The third-order valence-electron chi connectivity index (χ3n) is 10.7. The molecule has 0 saturated heterocycles. The summed E-state index contributed by atoms with van der Waals surface area (Å²) < 4.78 is 2.71. The van der Waals surface area contributed by atoms with Crippen LogP contribution in [0.15, 0.2) is 188 Å². The molecule has 0 spiro atoms. The van der Waals surface area contributed by atoms with E-state index in [0.29, 0.717) is 0 Å². The number of allylic oxidation sites excluding steroid dienone is 4. The van der Waals surface area contributed by atoms with Gasteiger partial charge in [-0.25, -0.2) is 0 Å². The standard InChI is InChI=1S/C50H39NS/c1-4-14-38(20-12-15-34-25-27-36(28-26-34)35-16-6-5-7-17-35)51(46-23-13-19-37-18-8-9-21-40(37)46)39-29-31-44-43(33-39)48-45(50(44,2)3)32-30-42-41-22-10-11-24-47(41)52-49(42)48/h4-14,16-33H,1,15H2,2-3H3/b20-12-,38-14+. The molecule has 250 valence electrons. The van der Waals surface area contributed by atoms with E-state index in [1.54, 1.807) is 0 Å². The van der Waals surface area contributed by atoms with Crippen molar-refractivity contribution in [3.8, 4) is 22.3 Å². The Balaban J connectivity index is 1.17. The van der Waals surface area contributed by atoms with Crippen LogP contribution in [0.1, 0.15) is 30.5 Å². The number of benzene rings is 7.